The van der Waals surface area contributed by atoms with E-state index >= 15 is 0 Å². The van der Waals surface area contributed by atoms with E-state index in [2.05, 4.69) is 37.1 Å². The zero-order valence-corrected chi connectivity index (χ0v) is 20.8. The number of ether oxygens (including phenoxy) is 1. The van der Waals surface area contributed by atoms with Crippen LogP contribution < -0.4 is 14.9 Å². The number of anilines is 1. The SMILES string of the molecule is CCc1cccc2cc(O)cc(-c3ncc4c(N5CCCC(C)(O)C5)nc(OC)nc4c3P)c12. The summed E-state index contributed by atoms with van der Waals surface area (Å²) >= 11 is 0. The average molecular weight is 477 g/mol. The van der Waals surface area contributed by atoms with E-state index < -0.39 is 5.60 Å². The molecule has 1 aliphatic rings. The molecule has 0 saturated carbocycles. The van der Waals surface area contributed by atoms with Gasteiger partial charge in [0.15, 0.2) is 0 Å². The van der Waals surface area contributed by atoms with Crippen molar-refractivity contribution in [3.05, 3.63) is 42.1 Å². The number of β-amino-alcohol motifs (C(OH)–C–C–N with tert-alkyl or cyclic N) is 1. The molecule has 34 heavy (non-hydrogen) atoms. The molecule has 4 aromatic rings. The number of rotatable bonds is 4. The summed E-state index contributed by atoms with van der Waals surface area (Å²) in [6.45, 7) is 5.25. The van der Waals surface area contributed by atoms with Crippen molar-refractivity contribution in [2.75, 3.05) is 25.1 Å². The van der Waals surface area contributed by atoms with Crippen molar-refractivity contribution < 1.29 is 14.9 Å². The smallest absolute Gasteiger partial charge is 0.318 e. The highest BCUT2D eigenvalue weighted by atomic mass is 31.0. The molecule has 8 heteroatoms. The van der Waals surface area contributed by atoms with E-state index in [1.54, 1.807) is 25.4 Å². The first-order valence-electron chi connectivity index (χ1n) is 11.5. The summed E-state index contributed by atoms with van der Waals surface area (Å²) in [7, 11) is 4.34. The number of benzene rings is 2. The summed E-state index contributed by atoms with van der Waals surface area (Å²) in [6.07, 6.45) is 4.28. The number of aromatic hydroxyl groups is 1. The van der Waals surface area contributed by atoms with Crippen LogP contribution in [0.15, 0.2) is 36.5 Å². The number of hydrogen-bond donors (Lipinski definition) is 2. The lowest BCUT2D eigenvalue weighted by atomic mass is 9.94. The highest BCUT2D eigenvalue weighted by molar-refractivity contribution is 7.28. The first-order valence-corrected chi connectivity index (χ1v) is 12.1. The lowest BCUT2D eigenvalue weighted by molar-refractivity contribution is 0.0447. The molecule has 0 amide bonds. The largest absolute Gasteiger partial charge is 0.508 e. The van der Waals surface area contributed by atoms with E-state index in [1.807, 2.05) is 19.1 Å². The van der Waals surface area contributed by atoms with E-state index in [-0.39, 0.29) is 11.8 Å². The number of aryl methyl sites for hydroxylation is 1. The Bertz CT molecular complexity index is 1410. The molecule has 2 aromatic heterocycles. The summed E-state index contributed by atoms with van der Waals surface area (Å²) in [5, 5.41) is 24.8. The quantitative estimate of drug-likeness (QED) is 0.431. The Hall–Kier alpha value is -3.02. The Balaban J connectivity index is 1.76. The number of aliphatic hydroxyl groups is 1. The summed E-state index contributed by atoms with van der Waals surface area (Å²) in [6, 6.07) is 9.95. The highest BCUT2D eigenvalue weighted by Gasteiger charge is 2.31. The van der Waals surface area contributed by atoms with Crippen molar-refractivity contribution in [3.63, 3.8) is 0 Å². The topological polar surface area (TPSA) is 91.6 Å². The third kappa shape index (κ3) is 3.93. The maximum atomic E-state index is 10.7. The van der Waals surface area contributed by atoms with Crippen LogP contribution in [0.4, 0.5) is 5.82 Å². The van der Waals surface area contributed by atoms with Crippen LogP contribution in [0.1, 0.15) is 32.3 Å². The van der Waals surface area contributed by atoms with Gasteiger partial charge in [-0.05, 0) is 54.7 Å². The maximum Gasteiger partial charge on any atom is 0.318 e. The van der Waals surface area contributed by atoms with Crippen molar-refractivity contribution in [2.24, 2.45) is 0 Å². The van der Waals surface area contributed by atoms with Gasteiger partial charge in [0.2, 0.25) is 0 Å². The summed E-state index contributed by atoms with van der Waals surface area (Å²) in [5.41, 5.74) is 2.72. The zero-order valence-electron chi connectivity index (χ0n) is 19.7. The molecule has 1 aliphatic heterocycles. The van der Waals surface area contributed by atoms with Crippen LogP contribution in [-0.4, -0.2) is 51.0 Å². The van der Waals surface area contributed by atoms with Crippen molar-refractivity contribution in [2.45, 2.75) is 38.7 Å². The molecule has 7 nitrogen and oxygen atoms in total. The second-order valence-electron chi connectivity index (χ2n) is 9.20. The molecule has 0 aliphatic carbocycles. The van der Waals surface area contributed by atoms with Gasteiger partial charge in [-0.15, -0.1) is 9.24 Å². The minimum atomic E-state index is -0.781. The number of hydrogen-bond acceptors (Lipinski definition) is 7. The van der Waals surface area contributed by atoms with Crippen LogP contribution in [-0.2, 0) is 6.42 Å². The number of pyridine rings is 1. The average Bonchev–Trinajstić information content (AvgIpc) is 2.82. The third-order valence-electron chi connectivity index (χ3n) is 6.58. The van der Waals surface area contributed by atoms with Crippen molar-refractivity contribution in [3.8, 4) is 23.0 Å². The molecule has 2 aromatic carbocycles. The number of nitrogens with zero attached hydrogens (tertiary/aromatic N) is 4. The number of piperidine rings is 1. The van der Waals surface area contributed by atoms with Crippen molar-refractivity contribution in [1.29, 1.82) is 0 Å². The Morgan fingerprint density at radius 1 is 1.24 bits per heavy atom. The summed E-state index contributed by atoms with van der Waals surface area (Å²) in [4.78, 5) is 16.2. The van der Waals surface area contributed by atoms with E-state index in [4.69, 9.17) is 9.72 Å². The van der Waals surface area contributed by atoms with Gasteiger partial charge < -0.3 is 19.8 Å². The van der Waals surface area contributed by atoms with Crippen molar-refractivity contribution in [1.82, 2.24) is 15.0 Å². The first-order chi connectivity index (χ1) is 16.3. The predicted molar refractivity (Wildman–Crippen MR) is 139 cm³/mol. The Morgan fingerprint density at radius 3 is 2.79 bits per heavy atom. The molecular weight excluding hydrogens is 447 g/mol. The van der Waals surface area contributed by atoms with Gasteiger partial charge in [-0.1, -0.05) is 25.1 Å². The fourth-order valence-corrected chi connectivity index (χ4v) is 5.44. The molecule has 3 heterocycles. The van der Waals surface area contributed by atoms with Gasteiger partial charge >= 0.3 is 6.01 Å². The standard InChI is InChI=1S/C26H29N4O3P/c1-4-15-7-5-8-16-11-17(31)12-18(20(15)16)21-23(34)22-19(13-27-21)24(29-25(28-22)33-3)30-10-6-9-26(2,32)14-30/h5,7-8,11-13,31-32H,4,6,9-10,14,34H2,1-3H3. The maximum absolute atomic E-state index is 10.7. The molecule has 2 N–H and O–H groups in total. The minimum absolute atomic E-state index is 0.193. The van der Waals surface area contributed by atoms with Crippen LogP contribution >= 0.6 is 9.24 Å². The second kappa shape index (κ2) is 8.64. The van der Waals surface area contributed by atoms with Gasteiger partial charge in [-0.25, -0.2) is 0 Å². The number of methoxy groups -OCH3 is 1. The first kappa shape index (κ1) is 22.8. The number of fused-ring (bicyclic) bond motifs is 2. The van der Waals surface area contributed by atoms with Crippen LogP contribution in [0.2, 0.25) is 0 Å². The summed E-state index contributed by atoms with van der Waals surface area (Å²) < 4.78 is 5.45. The van der Waals surface area contributed by atoms with E-state index in [0.29, 0.717) is 17.9 Å². The number of phenols is 1. The predicted octanol–water partition coefficient (Wildman–Crippen LogP) is 3.97. The van der Waals surface area contributed by atoms with Crippen molar-refractivity contribution >= 4 is 42.0 Å². The highest BCUT2D eigenvalue weighted by Crippen LogP contribution is 2.37. The summed E-state index contributed by atoms with van der Waals surface area (Å²) in [5.74, 6) is 0.901. The van der Waals surface area contributed by atoms with E-state index in [9.17, 15) is 10.2 Å². The molecular formula is C26H29N4O3P. The molecule has 0 radical (unpaired) electrons. The lowest BCUT2D eigenvalue weighted by Gasteiger charge is -2.37. The monoisotopic (exact) mass is 476 g/mol. The van der Waals surface area contributed by atoms with Gasteiger partial charge in [0.05, 0.1) is 29.3 Å². The zero-order chi connectivity index (χ0) is 24.0. The van der Waals surface area contributed by atoms with Gasteiger partial charge in [0, 0.05) is 30.2 Å². The fourth-order valence-electron chi connectivity index (χ4n) is 4.99. The lowest BCUT2D eigenvalue weighted by Crippen LogP contribution is -2.46. The molecule has 2 atom stereocenters. The van der Waals surface area contributed by atoms with Gasteiger partial charge in [0.25, 0.3) is 0 Å². The molecule has 2 unspecified atom stereocenters. The molecule has 1 saturated heterocycles. The Labute approximate surface area is 201 Å². The van der Waals surface area contributed by atoms with Crippen LogP contribution in [0.3, 0.4) is 0 Å². The molecule has 0 spiro atoms. The minimum Gasteiger partial charge on any atom is -0.508 e. The second-order valence-corrected chi connectivity index (χ2v) is 9.78. The normalized spacial score (nSPS) is 18.6. The number of aromatic nitrogens is 3. The van der Waals surface area contributed by atoms with Crippen LogP contribution in [0, 0.1) is 0 Å². The van der Waals surface area contributed by atoms with E-state index in [0.717, 1.165) is 58.5 Å². The third-order valence-corrected chi connectivity index (χ3v) is 7.13. The molecule has 1 fully saturated rings. The molecule has 5 rings (SSSR count). The van der Waals surface area contributed by atoms with Gasteiger partial charge in [0.1, 0.15) is 11.6 Å². The van der Waals surface area contributed by atoms with Gasteiger partial charge in [-0.2, -0.15) is 9.97 Å². The Morgan fingerprint density at radius 2 is 2.06 bits per heavy atom. The number of phenolic OH excluding ortho intramolecular Hbond substituents is 1. The van der Waals surface area contributed by atoms with Gasteiger partial charge in [-0.3, -0.25) is 4.98 Å². The Kier molecular flexibility index (Phi) is 5.78. The van der Waals surface area contributed by atoms with E-state index in [1.165, 1.54) is 5.56 Å². The fraction of sp³-hybridized carbons (Fsp3) is 0.346. The molecule has 176 valence electrons. The molecule has 0 bridgehead atoms. The van der Waals surface area contributed by atoms with Crippen LogP contribution in [0.25, 0.3) is 32.9 Å². The van der Waals surface area contributed by atoms with Crippen LogP contribution in [0.5, 0.6) is 11.8 Å².